The van der Waals surface area contributed by atoms with Crippen LogP contribution in [0.1, 0.15) is 17.3 Å². The molecule has 18 heavy (non-hydrogen) atoms. The molecule has 0 N–H and O–H groups in total. The molecule has 0 radical (unpaired) electrons. The Labute approximate surface area is 108 Å². The Kier molecular flexibility index (Phi) is 3.43. The fourth-order valence-corrected chi connectivity index (χ4v) is 1.90. The van der Waals surface area contributed by atoms with Gasteiger partial charge in [0.25, 0.3) is 0 Å². The van der Waals surface area contributed by atoms with Crippen molar-refractivity contribution >= 4 is 17.4 Å². The van der Waals surface area contributed by atoms with Crippen LogP contribution in [0.5, 0.6) is 0 Å². The number of carbonyl (C=O) groups excluding carboxylic acids is 1. The Hall–Kier alpha value is -1.74. The number of Topliss-reactive ketones (excluding diaryl/α,β-unsaturated/α-hetero) is 1. The molecule has 0 aliphatic rings. The highest BCUT2D eigenvalue weighted by molar-refractivity contribution is 6.30. The van der Waals surface area contributed by atoms with Crippen LogP contribution in [0, 0.1) is 11.6 Å². The predicted molar refractivity (Wildman–Crippen MR) is 66.8 cm³/mol. The smallest absolute Gasteiger partial charge is 0.159 e. The number of hydrogen-bond acceptors (Lipinski definition) is 1. The monoisotopic (exact) mass is 266 g/mol. The van der Waals surface area contributed by atoms with Gasteiger partial charge in [-0.25, -0.2) is 8.78 Å². The van der Waals surface area contributed by atoms with Gasteiger partial charge in [-0.05, 0) is 48.9 Å². The fourth-order valence-electron chi connectivity index (χ4n) is 1.67. The van der Waals surface area contributed by atoms with Gasteiger partial charge in [0.15, 0.2) is 5.78 Å². The lowest BCUT2D eigenvalue weighted by Gasteiger charge is -2.06. The van der Waals surface area contributed by atoms with Crippen LogP contribution in [0.2, 0.25) is 5.02 Å². The topological polar surface area (TPSA) is 17.1 Å². The first-order valence-corrected chi connectivity index (χ1v) is 5.62. The van der Waals surface area contributed by atoms with E-state index in [4.69, 9.17) is 11.6 Å². The highest BCUT2D eigenvalue weighted by Gasteiger charge is 2.10. The van der Waals surface area contributed by atoms with Gasteiger partial charge in [-0.2, -0.15) is 0 Å². The lowest BCUT2D eigenvalue weighted by molar-refractivity contribution is 0.101. The van der Waals surface area contributed by atoms with Crippen molar-refractivity contribution in [3.05, 3.63) is 58.6 Å². The molecule has 4 heteroatoms. The molecule has 0 amide bonds. The Morgan fingerprint density at radius 2 is 1.83 bits per heavy atom. The van der Waals surface area contributed by atoms with Crippen molar-refractivity contribution in [1.82, 2.24) is 0 Å². The van der Waals surface area contributed by atoms with Gasteiger partial charge in [0.1, 0.15) is 11.6 Å². The molecule has 0 spiro atoms. The third-order valence-electron chi connectivity index (χ3n) is 2.55. The Morgan fingerprint density at radius 1 is 1.11 bits per heavy atom. The van der Waals surface area contributed by atoms with Crippen molar-refractivity contribution in [2.75, 3.05) is 0 Å². The van der Waals surface area contributed by atoms with E-state index in [2.05, 4.69) is 0 Å². The standard InChI is InChI=1S/C14H9ClF2O/c1-8(18)9-2-3-14(17)13(6-9)10-4-11(15)7-12(16)5-10/h2-7H,1H3. The molecule has 1 nitrogen and oxygen atoms in total. The van der Waals surface area contributed by atoms with Crippen molar-refractivity contribution < 1.29 is 13.6 Å². The number of hydrogen-bond donors (Lipinski definition) is 0. The number of carbonyl (C=O) groups is 1. The molecule has 2 aromatic rings. The van der Waals surface area contributed by atoms with E-state index >= 15 is 0 Å². The summed E-state index contributed by atoms with van der Waals surface area (Å²) in [5.41, 5.74) is 0.830. The van der Waals surface area contributed by atoms with Crippen molar-refractivity contribution in [2.24, 2.45) is 0 Å². The summed E-state index contributed by atoms with van der Waals surface area (Å²) in [6.07, 6.45) is 0. The van der Waals surface area contributed by atoms with Gasteiger partial charge in [-0.3, -0.25) is 4.79 Å². The molecule has 0 aromatic heterocycles. The molecule has 0 aliphatic carbocycles. The minimum Gasteiger partial charge on any atom is -0.295 e. The van der Waals surface area contributed by atoms with Gasteiger partial charge in [0.05, 0.1) is 0 Å². The van der Waals surface area contributed by atoms with Crippen molar-refractivity contribution in [3.8, 4) is 11.1 Å². The van der Waals surface area contributed by atoms with E-state index in [-0.39, 0.29) is 16.4 Å². The molecular formula is C14H9ClF2O. The average Bonchev–Trinajstić information content (AvgIpc) is 2.27. The molecule has 2 rings (SSSR count). The number of rotatable bonds is 2. The summed E-state index contributed by atoms with van der Waals surface area (Å²) in [6.45, 7) is 1.38. The zero-order valence-electron chi connectivity index (χ0n) is 9.51. The van der Waals surface area contributed by atoms with Gasteiger partial charge in [0.2, 0.25) is 0 Å². The molecule has 0 unspecified atom stereocenters. The summed E-state index contributed by atoms with van der Waals surface area (Å²) >= 11 is 5.73. The highest BCUT2D eigenvalue weighted by atomic mass is 35.5. The number of benzene rings is 2. The summed E-state index contributed by atoms with van der Waals surface area (Å²) in [7, 11) is 0. The van der Waals surface area contributed by atoms with Crippen molar-refractivity contribution in [1.29, 1.82) is 0 Å². The van der Waals surface area contributed by atoms with E-state index in [0.717, 1.165) is 6.07 Å². The first-order chi connectivity index (χ1) is 8.47. The van der Waals surface area contributed by atoms with E-state index < -0.39 is 11.6 Å². The maximum atomic E-state index is 13.7. The minimum atomic E-state index is -0.551. The summed E-state index contributed by atoms with van der Waals surface area (Å²) in [4.78, 5) is 11.3. The molecular weight excluding hydrogens is 258 g/mol. The van der Waals surface area contributed by atoms with Crippen LogP contribution in [-0.2, 0) is 0 Å². The van der Waals surface area contributed by atoms with Crippen LogP contribution >= 0.6 is 11.6 Å². The van der Waals surface area contributed by atoms with Gasteiger partial charge in [0, 0.05) is 16.1 Å². The SMILES string of the molecule is CC(=O)c1ccc(F)c(-c2cc(F)cc(Cl)c2)c1. The molecule has 0 aliphatic heterocycles. The summed E-state index contributed by atoms with van der Waals surface area (Å²) in [5.74, 6) is -1.26. The van der Waals surface area contributed by atoms with E-state index in [1.54, 1.807) is 0 Å². The first kappa shape index (κ1) is 12.7. The largest absolute Gasteiger partial charge is 0.295 e. The Balaban J connectivity index is 2.62. The molecule has 0 heterocycles. The molecule has 0 atom stereocenters. The van der Waals surface area contributed by atoms with E-state index in [0.29, 0.717) is 11.1 Å². The van der Waals surface area contributed by atoms with Gasteiger partial charge < -0.3 is 0 Å². The van der Waals surface area contributed by atoms with E-state index in [9.17, 15) is 13.6 Å². The molecule has 0 bridgehead atoms. The molecule has 0 saturated carbocycles. The summed E-state index contributed by atoms with van der Waals surface area (Å²) in [5, 5.41) is 0.178. The van der Waals surface area contributed by atoms with Crippen LogP contribution in [0.4, 0.5) is 8.78 Å². The Bertz CT molecular complexity index is 603. The minimum absolute atomic E-state index is 0.157. The summed E-state index contributed by atoms with van der Waals surface area (Å²) < 4.78 is 26.9. The highest BCUT2D eigenvalue weighted by Crippen LogP contribution is 2.27. The molecule has 92 valence electrons. The zero-order valence-corrected chi connectivity index (χ0v) is 10.3. The predicted octanol–water partition coefficient (Wildman–Crippen LogP) is 4.49. The zero-order chi connectivity index (χ0) is 13.3. The third kappa shape index (κ3) is 2.57. The first-order valence-electron chi connectivity index (χ1n) is 5.24. The van der Waals surface area contributed by atoms with Crippen LogP contribution in [0.3, 0.4) is 0 Å². The maximum Gasteiger partial charge on any atom is 0.159 e. The Morgan fingerprint density at radius 3 is 2.44 bits per heavy atom. The normalized spacial score (nSPS) is 10.4. The molecule has 0 fully saturated rings. The maximum absolute atomic E-state index is 13.7. The van der Waals surface area contributed by atoms with Crippen LogP contribution < -0.4 is 0 Å². The van der Waals surface area contributed by atoms with Gasteiger partial charge >= 0.3 is 0 Å². The second-order valence-corrected chi connectivity index (χ2v) is 4.35. The second-order valence-electron chi connectivity index (χ2n) is 3.91. The molecule has 2 aromatic carbocycles. The lowest BCUT2D eigenvalue weighted by Crippen LogP contribution is -1.95. The summed E-state index contributed by atoms with van der Waals surface area (Å²) in [6, 6.07) is 7.73. The van der Waals surface area contributed by atoms with Crippen LogP contribution in [0.15, 0.2) is 36.4 Å². The molecule has 0 saturated heterocycles. The number of ketones is 1. The second kappa shape index (κ2) is 4.86. The average molecular weight is 267 g/mol. The quantitative estimate of drug-likeness (QED) is 0.732. The lowest BCUT2D eigenvalue weighted by atomic mass is 10.0. The fraction of sp³-hybridized carbons (Fsp3) is 0.0714. The van der Waals surface area contributed by atoms with Crippen LogP contribution in [0.25, 0.3) is 11.1 Å². The third-order valence-corrected chi connectivity index (χ3v) is 2.76. The van der Waals surface area contributed by atoms with Gasteiger partial charge in [-0.1, -0.05) is 11.6 Å². The van der Waals surface area contributed by atoms with Crippen molar-refractivity contribution in [2.45, 2.75) is 6.92 Å². The van der Waals surface area contributed by atoms with E-state index in [1.807, 2.05) is 0 Å². The van der Waals surface area contributed by atoms with Gasteiger partial charge in [-0.15, -0.1) is 0 Å². The van der Waals surface area contributed by atoms with Crippen LogP contribution in [-0.4, -0.2) is 5.78 Å². The van der Waals surface area contributed by atoms with E-state index in [1.165, 1.54) is 37.3 Å². The van der Waals surface area contributed by atoms with Crippen molar-refractivity contribution in [3.63, 3.8) is 0 Å². The number of halogens is 3.